The number of unbranched alkanes of at least 4 members (excludes halogenated alkanes) is 32. The summed E-state index contributed by atoms with van der Waals surface area (Å²) < 4.78 is 68.5. The van der Waals surface area contributed by atoms with Gasteiger partial charge in [-0.25, -0.2) is 9.13 Å². The third-order valence-corrected chi connectivity index (χ3v) is 18.4. The number of rotatable bonds is 74. The fraction of sp³-hybridized carbons (Fsp3) is 0.753. The number of esters is 4. The summed E-state index contributed by atoms with van der Waals surface area (Å²) in [5.41, 5.74) is 0. The van der Waals surface area contributed by atoms with Crippen LogP contribution in [-0.2, 0) is 65.4 Å². The molecule has 5 unspecified atom stereocenters. The van der Waals surface area contributed by atoms with Crippen LogP contribution in [0.25, 0.3) is 0 Å². The van der Waals surface area contributed by atoms with E-state index in [9.17, 15) is 43.2 Å². The van der Waals surface area contributed by atoms with Crippen molar-refractivity contribution in [3.63, 3.8) is 0 Å². The molecule has 0 rings (SSSR count). The quantitative estimate of drug-likeness (QED) is 0.0169. The van der Waals surface area contributed by atoms with Gasteiger partial charge in [0.15, 0.2) is 12.2 Å². The highest BCUT2D eigenvalue weighted by molar-refractivity contribution is 7.47. The van der Waals surface area contributed by atoms with Crippen molar-refractivity contribution in [2.75, 3.05) is 39.6 Å². The summed E-state index contributed by atoms with van der Waals surface area (Å²) in [4.78, 5) is 72.9. The number of carbonyl (C=O) groups excluding carboxylic acids is 4. The maximum absolute atomic E-state index is 13.1. The Bertz CT molecular complexity index is 2270. The Balaban J connectivity index is 5.34. The predicted octanol–water partition coefficient (Wildman–Crippen LogP) is 22.8. The molecule has 0 aromatic carbocycles. The molecule has 0 aromatic rings. The molecule has 0 aliphatic heterocycles. The van der Waals surface area contributed by atoms with Crippen LogP contribution in [0.1, 0.15) is 336 Å². The number of carbonyl (C=O) groups is 4. The fourth-order valence-electron chi connectivity index (χ4n) is 10.5. The summed E-state index contributed by atoms with van der Waals surface area (Å²) in [6.45, 7) is 4.66. The Labute approximate surface area is 607 Å². The van der Waals surface area contributed by atoms with Crippen molar-refractivity contribution in [2.45, 2.75) is 354 Å². The van der Waals surface area contributed by atoms with Gasteiger partial charge in [-0.2, -0.15) is 0 Å². The Morgan fingerprint density at radius 1 is 0.290 bits per heavy atom. The third-order valence-electron chi connectivity index (χ3n) is 16.5. The molecular weight excluding hydrogens is 1310 g/mol. The summed E-state index contributed by atoms with van der Waals surface area (Å²) in [7, 11) is -9.96. The SMILES string of the molecule is CC/C=C\C/C=C\C/C=C\CCCCCCCC(=O)OCC(COP(=O)(O)OCC(O)COP(=O)(O)OCC(COC(=O)CCCCCCCC/C=C\C/C=C\C/C=C\CCCCC)OC(=O)CCCCCCC/C=C\C/C=C\CCC)OC(=O)CCCCCCCCCCCCCCC. The predicted molar refractivity (Wildman–Crippen MR) is 409 cm³/mol. The molecule has 0 radical (unpaired) electrons. The van der Waals surface area contributed by atoms with Gasteiger partial charge in [0.05, 0.1) is 26.4 Å². The molecule has 0 amide bonds. The molecule has 0 saturated heterocycles. The second kappa shape index (κ2) is 73.3. The molecule has 100 heavy (non-hydrogen) atoms. The summed E-state index contributed by atoms with van der Waals surface area (Å²) in [6, 6.07) is 0. The Morgan fingerprint density at radius 3 is 0.860 bits per heavy atom. The van der Waals surface area contributed by atoms with Crippen molar-refractivity contribution >= 4 is 39.5 Å². The molecule has 0 heterocycles. The van der Waals surface area contributed by atoms with Gasteiger partial charge in [-0.1, -0.05) is 285 Å². The van der Waals surface area contributed by atoms with Crippen LogP contribution in [0.5, 0.6) is 0 Å². The van der Waals surface area contributed by atoms with Crippen LogP contribution in [0.4, 0.5) is 0 Å². The van der Waals surface area contributed by atoms with E-state index in [1.165, 1.54) is 70.6 Å². The number of aliphatic hydroxyl groups is 1. The van der Waals surface area contributed by atoms with Crippen LogP contribution in [-0.4, -0.2) is 96.7 Å². The second-order valence-corrected chi connectivity index (χ2v) is 29.2. The maximum Gasteiger partial charge on any atom is 0.472 e. The van der Waals surface area contributed by atoms with Crippen molar-refractivity contribution in [1.29, 1.82) is 0 Å². The van der Waals surface area contributed by atoms with Gasteiger partial charge in [0.25, 0.3) is 0 Å². The van der Waals surface area contributed by atoms with Gasteiger partial charge in [0.1, 0.15) is 19.3 Å². The first-order chi connectivity index (χ1) is 48.7. The summed E-state index contributed by atoms with van der Waals surface area (Å²) in [5.74, 6) is -2.21. The highest BCUT2D eigenvalue weighted by atomic mass is 31.2. The average molecular weight is 1450 g/mol. The first kappa shape index (κ1) is 96.0. The lowest BCUT2D eigenvalue weighted by Gasteiger charge is -2.21. The van der Waals surface area contributed by atoms with E-state index in [0.717, 1.165) is 186 Å². The molecule has 19 heteroatoms. The van der Waals surface area contributed by atoms with E-state index in [0.29, 0.717) is 25.7 Å². The lowest BCUT2D eigenvalue weighted by molar-refractivity contribution is -0.161. The lowest BCUT2D eigenvalue weighted by Crippen LogP contribution is -2.30. The molecule has 5 atom stereocenters. The topological polar surface area (TPSA) is 237 Å². The van der Waals surface area contributed by atoms with Gasteiger partial charge in [0, 0.05) is 25.7 Å². The van der Waals surface area contributed by atoms with Crippen LogP contribution in [0.15, 0.2) is 97.2 Å². The van der Waals surface area contributed by atoms with E-state index in [4.69, 9.17) is 37.0 Å². The number of hydrogen-bond donors (Lipinski definition) is 3. The van der Waals surface area contributed by atoms with Gasteiger partial charge < -0.3 is 33.8 Å². The number of phosphoric acid groups is 2. The Kier molecular flexibility index (Phi) is 70.4. The van der Waals surface area contributed by atoms with Gasteiger partial charge in [-0.05, 0) is 122 Å². The molecule has 578 valence electrons. The van der Waals surface area contributed by atoms with Crippen molar-refractivity contribution < 1.29 is 80.2 Å². The van der Waals surface area contributed by atoms with Crippen molar-refractivity contribution in [3.8, 4) is 0 Å². The first-order valence-corrected chi connectivity index (χ1v) is 42.5. The minimum Gasteiger partial charge on any atom is -0.462 e. The molecule has 17 nitrogen and oxygen atoms in total. The molecule has 0 spiro atoms. The van der Waals surface area contributed by atoms with Crippen LogP contribution in [0, 0.1) is 0 Å². The summed E-state index contributed by atoms with van der Waals surface area (Å²) in [6.07, 6.45) is 76.7. The minimum atomic E-state index is -4.98. The van der Waals surface area contributed by atoms with E-state index in [1.807, 2.05) is 0 Å². The summed E-state index contributed by atoms with van der Waals surface area (Å²) in [5, 5.41) is 10.6. The van der Waals surface area contributed by atoms with Crippen molar-refractivity contribution in [2.24, 2.45) is 0 Å². The molecule has 0 aliphatic carbocycles. The summed E-state index contributed by atoms with van der Waals surface area (Å²) >= 11 is 0. The Hall–Kier alpha value is -4.02. The molecule has 0 fully saturated rings. The number of phosphoric ester groups is 2. The van der Waals surface area contributed by atoms with Crippen LogP contribution >= 0.6 is 15.6 Å². The standard InChI is InChI=1S/C81H142O17P2/c1-5-9-13-17-21-25-29-33-35-36-37-38-40-44-46-50-54-58-62-66-79(84)92-72-77(98-81(86)68-64-60-56-52-48-42-32-28-24-20-16-12-8-4)74-96-100(89,90)94-70-75(82)69-93-99(87,88)95-73-76(97-80(85)67-63-59-55-51-47-41-31-27-23-19-15-11-7-3)71-91-78(83)65-61-57-53-49-45-43-39-34-30-26-22-18-14-10-6-2/h10,14,16,20-22,25-26,28,32-35,37-39,75-77,82H,5-9,11-13,15,17-19,23-24,27,29-31,36,40-74H2,1-4H3,(H,87,88)(H,89,90)/b14-10-,20-16-,25-21-,26-22-,32-28-,35-33-,38-37-,39-34-. The van der Waals surface area contributed by atoms with Crippen LogP contribution < -0.4 is 0 Å². The smallest absolute Gasteiger partial charge is 0.462 e. The first-order valence-electron chi connectivity index (χ1n) is 39.5. The minimum absolute atomic E-state index is 0.0758. The van der Waals surface area contributed by atoms with Crippen LogP contribution in [0.3, 0.4) is 0 Å². The molecular formula is C81H142O17P2. The second-order valence-electron chi connectivity index (χ2n) is 26.3. The molecule has 0 aromatic heterocycles. The van der Waals surface area contributed by atoms with E-state index >= 15 is 0 Å². The average Bonchev–Trinajstić information content (AvgIpc) is 0.936. The third kappa shape index (κ3) is 72.3. The van der Waals surface area contributed by atoms with Crippen molar-refractivity contribution in [1.82, 2.24) is 0 Å². The van der Waals surface area contributed by atoms with Crippen molar-refractivity contribution in [3.05, 3.63) is 97.2 Å². The molecule has 3 N–H and O–H groups in total. The van der Waals surface area contributed by atoms with E-state index in [-0.39, 0.29) is 25.7 Å². The zero-order chi connectivity index (χ0) is 73.2. The largest absolute Gasteiger partial charge is 0.472 e. The number of hydrogen-bond acceptors (Lipinski definition) is 15. The number of allylic oxidation sites excluding steroid dienone is 16. The zero-order valence-corrected chi connectivity index (χ0v) is 64.9. The van der Waals surface area contributed by atoms with Gasteiger partial charge in [-0.15, -0.1) is 0 Å². The normalized spacial score (nSPS) is 14.4. The number of ether oxygens (including phenoxy) is 4. The highest BCUT2D eigenvalue weighted by Gasteiger charge is 2.30. The van der Waals surface area contributed by atoms with E-state index < -0.39 is 97.5 Å². The lowest BCUT2D eigenvalue weighted by atomic mass is 10.0. The monoisotopic (exact) mass is 1450 g/mol. The van der Waals surface area contributed by atoms with Gasteiger partial charge in [0.2, 0.25) is 0 Å². The number of aliphatic hydroxyl groups excluding tert-OH is 1. The highest BCUT2D eigenvalue weighted by Crippen LogP contribution is 2.45. The zero-order valence-electron chi connectivity index (χ0n) is 63.1. The maximum atomic E-state index is 13.1. The molecule has 0 bridgehead atoms. The molecule has 0 aliphatic rings. The fourth-order valence-corrected chi connectivity index (χ4v) is 12.1. The Morgan fingerprint density at radius 2 is 0.540 bits per heavy atom. The van der Waals surface area contributed by atoms with E-state index in [1.54, 1.807) is 0 Å². The van der Waals surface area contributed by atoms with Crippen LogP contribution in [0.2, 0.25) is 0 Å². The van der Waals surface area contributed by atoms with Gasteiger partial charge in [-0.3, -0.25) is 37.3 Å². The van der Waals surface area contributed by atoms with E-state index in [2.05, 4.69) is 125 Å². The van der Waals surface area contributed by atoms with Gasteiger partial charge >= 0.3 is 39.5 Å². The molecule has 0 saturated carbocycles.